The van der Waals surface area contributed by atoms with Gasteiger partial charge in [-0.3, -0.25) is 9.69 Å². The summed E-state index contributed by atoms with van der Waals surface area (Å²) >= 11 is 7.59. The van der Waals surface area contributed by atoms with Gasteiger partial charge in [-0.2, -0.15) is 4.99 Å². The summed E-state index contributed by atoms with van der Waals surface area (Å²) < 4.78 is 47.8. The number of hydrogen-bond acceptors (Lipinski definition) is 8. The summed E-state index contributed by atoms with van der Waals surface area (Å²) in [5.41, 5.74) is 3.06. The number of aromatic nitrogens is 4. The van der Waals surface area contributed by atoms with Gasteiger partial charge < -0.3 is 14.8 Å². The van der Waals surface area contributed by atoms with Crippen molar-refractivity contribution in [2.45, 2.75) is 26.3 Å². The van der Waals surface area contributed by atoms with Crippen LogP contribution in [0.25, 0.3) is 17.2 Å². The second kappa shape index (κ2) is 12.6. The monoisotopic (exact) mass is 645 g/mol. The number of benzene rings is 2. The predicted molar refractivity (Wildman–Crippen MR) is 159 cm³/mol. The van der Waals surface area contributed by atoms with E-state index in [2.05, 4.69) is 30.1 Å². The summed E-state index contributed by atoms with van der Waals surface area (Å²) in [6.45, 7) is 3.76. The van der Waals surface area contributed by atoms with Gasteiger partial charge in [0.15, 0.2) is 16.8 Å². The first-order valence-electron chi connectivity index (χ1n) is 12.8. The van der Waals surface area contributed by atoms with Gasteiger partial charge in [-0.05, 0) is 55.8 Å². The van der Waals surface area contributed by atoms with Crippen LogP contribution in [-0.4, -0.2) is 56.1 Å². The Balaban J connectivity index is 1.31. The van der Waals surface area contributed by atoms with E-state index in [1.165, 1.54) is 28.0 Å². The Bertz CT molecular complexity index is 1750. The van der Waals surface area contributed by atoms with Crippen LogP contribution < -0.4 is 15.0 Å². The number of rotatable bonds is 7. The smallest absolute Gasteiger partial charge is 0.404 e. The molecule has 0 aliphatic carbocycles. The molecular weight excluding hydrogens is 623 g/mol. The number of amides is 3. The van der Waals surface area contributed by atoms with Crippen molar-refractivity contribution in [2.24, 2.45) is 4.99 Å². The van der Waals surface area contributed by atoms with E-state index < -0.39 is 18.1 Å². The second-order valence-electron chi connectivity index (χ2n) is 9.39. The van der Waals surface area contributed by atoms with Crippen molar-refractivity contribution in [2.75, 3.05) is 23.1 Å². The Labute approximate surface area is 258 Å². The van der Waals surface area contributed by atoms with E-state index in [1.807, 2.05) is 32.0 Å². The number of alkyl halides is 3. The quantitative estimate of drug-likeness (QED) is 0.240. The zero-order valence-electron chi connectivity index (χ0n) is 23.3. The van der Waals surface area contributed by atoms with Crippen LogP contribution in [0.2, 0.25) is 5.02 Å². The van der Waals surface area contributed by atoms with Gasteiger partial charge in [-0.15, -0.1) is 18.3 Å². The number of nitrogens with one attached hydrogen (secondary N) is 1. The van der Waals surface area contributed by atoms with Gasteiger partial charge in [0.05, 0.1) is 34.5 Å². The highest BCUT2D eigenvalue weighted by Crippen LogP contribution is 2.35. The third-order valence-corrected chi connectivity index (χ3v) is 7.57. The molecule has 4 aromatic rings. The number of anilines is 2. The van der Waals surface area contributed by atoms with Crippen molar-refractivity contribution in [1.29, 1.82) is 0 Å². The highest BCUT2D eigenvalue weighted by atomic mass is 35.5. The van der Waals surface area contributed by atoms with Crippen LogP contribution >= 0.6 is 23.4 Å². The number of carbonyl (C=O) groups is 2. The molecule has 0 bridgehead atoms. The summed E-state index contributed by atoms with van der Waals surface area (Å²) in [6, 6.07) is 12.0. The van der Waals surface area contributed by atoms with Gasteiger partial charge in [-0.25, -0.2) is 19.4 Å². The first-order chi connectivity index (χ1) is 20.9. The Morgan fingerprint density at radius 2 is 1.95 bits per heavy atom. The minimum Gasteiger partial charge on any atom is -0.404 e. The maximum atomic E-state index is 12.9. The third kappa shape index (κ3) is 7.01. The van der Waals surface area contributed by atoms with Crippen LogP contribution in [0.3, 0.4) is 0 Å². The molecule has 5 rings (SSSR count). The molecule has 1 N–H and O–H groups in total. The average molecular weight is 646 g/mol. The van der Waals surface area contributed by atoms with Gasteiger partial charge >= 0.3 is 12.4 Å². The lowest BCUT2D eigenvalue weighted by Gasteiger charge is -2.23. The Hall–Kier alpha value is -4.47. The molecule has 44 heavy (non-hydrogen) atoms. The zero-order valence-corrected chi connectivity index (χ0v) is 24.9. The molecule has 228 valence electrons. The summed E-state index contributed by atoms with van der Waals surface area (Å²) in [5, 5.41) is 7.31. The topological polar surface area (TPSA) is 124 Å². The van der Waals surface area contributed by atoms with Crippen LogP contribution in [0, 0.1) is 6.92 Å². The van der Waals surface area contributed by atoms with Crippen LogP contribution in [0.4, 0.5) is 29.3 Å². The van der Waals surface area contributed by atoms with E-state index in [4.69, 9.17) is 16.3 Å². The largest absolute Gasteiger partial charge is 0.573 e. The van der Waals surface area contributed by atoms with E-state index in [9.17, 15) is 22.8 Å². The second-order valence-corrected chi connectivity index (χ2v) is 10.7. The lowest BCUT2D eigenvalue weighted by molar-refractivity contribution is -0.274. The number of carbonyl (C=O) groups excluding carboxylic acids is 2. The van der Waals surface area contributed by atoms with Crippen LogP contribution in [0.5, 0.6) is 5.75 Å². The molecule has 2 aromatic heterocycles. The van der Waals surface area contributed by atoms with Gasteiger partial charge in [0.1, 0.15) is 12.1 Å². The van der Waals surface area contributed by atoms with E-state index in [1.54, 1.807) is 19.2 Å². The molecule has 1 fully saturated rings. The predicted octanol–water partition coefficient (Wildman–Crippen LogP) is 6.57. The fraction of sp³-hybridized carbons (Fsp3) is 0.214. The molecule has 11 nitrogen and oxygen atoms in total. The molecule has 16 heteroatoms. The van der Waals surface area contributed by atoms with Crippen molar-refractivity contribution >= 4 is 51.8 Å². The summed E-state index contributed by atoms with van der Waals surface area (Å²) in [6.07, 6.45) is -2.88. The van der Waals surface area contributed by atoms with Gasteiger partial charge in [0.2, 0.25) is 5.91 Å². The minimum absolute atomic E-state index is 0.122. The lowest BCUT2D eigenvalue weighted by atomic mass is 10.0. The minimum atomic E-state index is -4.83. The molecule has 1 unspecified atom stereocenters. The molecule has 1 aliphatic rings. The number of aliphatic imine (C=N–C) groups is 1. The third-order valence-electron chi connectivity index (χ3n) is 6.33. The van der Waals surface area contributed by atoms with Crippen molar-refractivity contribution < 1.29 is 32.2 Å². The molecule has 0 saturated carbocycles. The lowest BCUT2D eigenvalue weighted by Crippen LogP contribution is -2.31. The van der Waals surface area contributed by atoms with Gasteiger partial charge in [0, 0.05) is 18.2 Å². The number of aryl methyl sites for hydroxylation is 1. The maximum Gasteiger partial charge on any atom is 0.573 e. The first-order valence-corrected chi connectivity index (χ1v) is 14.2. The molecule has 0 radical (unpaired) electrons. The molecule has 1 saturated heterocycles. The Kier molecular flexibility index (Phi) is 8.90. The molecule has 0 spiro atoms. The molecular formula is C28H23ClF3N7O4S. The molecule has 3 amide bonds. The van der Waals surface area contributed by atoms with Crippen molar-refractivity contribution in [3.8, 4) is 23.0 Å². The highest BCUT2D eigenvalue weighted by molar-refractivity contribution is 8.15. The van der Waals surface area contributed by atoms with Crippen molar-refractivity contribution in [3.63, 3.8) is 0 Å². The van der Waals surface area contributed by atoms with E-state index in [0.29, 0.717) is 11.3 Å². The molecule has 1 aliphatic heterocycles. The Morgan fingerprint density at radius 1 is 1.16 bits per heavy atom. The number of hydrogen-bond donors (Lipinski definition) is 1. The number of halogens is 4. The molecule has 2 aromatic carbocycles. The van der Waals surface area contributed by atoms with Crippen LogP contribution in [-0.2, 0) is 9.53 Å². The van der Waals surface area contributed by atoms with E-state index >= 15 is 0 Å². The van der Waals surface area contributed by atoms with Gasteiger partial charge in [0.25, 0.3) is 0 Å². The summed E-state index contributed by atoms with van der Waals surface area (Å²) in [5.74, 6) is -0.108. The SMILES string of the molecule is COC(C)c1ccc(C)cc1N1C(=O)CSC1=NC(=O)Nc1ccc(-c2ncn(-c3ccc(OC(F)(F)F)cn3)n2)cc1Cl. The number of thioether (sulfide) groups is 1. The zero-order chi connectivity index (χ0) is 31.6. The summed E-state index contributed by atoms with van der Waals surface area (Å²) in [4.78, 5) is 39.5. The number of nitrogens with zero attached hydrogens (tertiary/aromatic N) is 6. The normalized spacial score (nSPS) is 15.1. The van der Waals surface area contributed by atoms with Crippen LogP contribution in [0.15, 0.2) is 66.0 Å². The molecule has 1 atom stereocenters. The fourth-order valence-electron chi connectivity index (χ4n) is 4.19. The van der Waals surface area contributed by atoms with E-state index in [0.717, 1.165) is 35.2 Å². The number of urea groups is 1. The number of pyridine rings is 1. The van der Waals surface area contributed by atoms with Gasteiger partial charge in [-0.1, -0.05) is 35.5 Å². The van der Waals surface area contributed by atoms with Crippen molar-refractivity contribution in [1.82, 2.24) is 19.7 Å². The average Bonchev–Trinajstić information content (AvgIpc) is 3.60. The highest BCUT2D eigenvalue weighted by Gasteiger charge is 2.33. The van der Waals surface area contributed by atoms with Crippen LogP contribution in [0.1, 0.15) is 24.2 Å². The van der Waals surface area contributed by atoms with Crippen molar-refractivity contribution in [3.05, 3.63) is 77.2 Å². The summed E-state index contributed by atoms with van der Waals surface area (Å²) in [7, 11) is 1.57. The number of amidine groups is 1. The standard InChI is InChI=1S/C28H23ClF3N7O4S/c1-15-4-7-19(16(2)42-3)22(10-15)39-24(40)13-44-27(39)36-26(41)35-21-8-5-17(11-20(21)29)25-34-14-38(37-25)23-9-6-18(12-33-23)43-28(30,31)32/h4-12,14,16H,13H2,1-3H3,(H,35,41). The fourth-order valence-corrected chi connectivity index (χ4v) is 5.28. The number of methoxy groups -OCH3 is 1. The maximum absolute atomic E-state index is 12.9. The number of ether oxygens (including phenoxy) is 2. The molecule has 3 heterocycles. The van der Waals surface area contributed by atoms with E-state index in [-0.39, 0.29) is 45.3 Å². The first kappa shape index (κ1) is 31.0. The Morgan fingerprint density at radius 3 is 2.64 bits per heavy atom.